The van der Waals surface area contributed by atoms with Gasteiger partial charge in [0.05, 0.1) is 6.20 Å². The highest BCUT2D eigenvalue weighted by atomic mass is 16.2. The average molecular weight is 264 g/mol. The number of rotatable bonds is 3. The second kappa shape index (κ2) is 6.43. The minimum absolute atomic E-state index is 0.160. The van der Waals surface area contributed by atoms with Gasteiger partial charge in [-0.25, -0.2) is 15.2 Å². The summed E-state index contributed by atoms with van der Waals surface area (Å²) in [7, 11) is 0. The predicted octanol–water partition coefficient (Wildman–Crippen LogP) is 0.247. The molecule has 8 heteroatoms. The van der Waals surface area contributed by atoms with Gasteiger partial charge in [0.25, 0.3) is 5.91 Å². The monoisotopic (exact) mass is 264 g/mol. The Hall–Kier alpha value is -2.51. The third kappa shape index (κ3) is 6.10. The molecule has 1 aromatic rings. The number of carbonyl (C=O) groups excluding carboxylic acids is 2. The molecule has 0 spiro atoms. The van der Waals surface area contributed by atoms with E-state index in [4.69, 9.17) is 0 Å². The molecule has 0 atom stereocenters. The Morgan fingerprint density at radius 3 is 2.63 bits per heavy atom. The summed E-state index contributed by atoms with van der Waals surface area (Å²) in [6, 6.07) is -0.461. The molecule has 0 fully saturated rings. The van der Waals surface area contributed by atoms with Crippen molar-refractivity contribution >= 4 is 18.3 Å². The zero-order valence-corrected chi connectivity index (χ0v) is 11.0. The van der Waals surface area contributed by atoms with Gasteiger partial charge in [0, 0.05) is 17.9 Å². The molecule has 0 aliphatic heterocycles. The summed E-state index contributed by atoms with van der Waals surface area (Å²) in [5.41, 5.74) is 2.02. The Morgan fingerprint density at radius 1 is 1.32 bits per heavy atom. The fraction of sp³-hybridized carbons (Fsp3) is 0.364. The van der Waals surface area contributed by atoms with E-state index in [1.165, 1.54) is 18.6 Å². The van der Waals surface area contributed by atoms with E-state index in [1.54, 1.807) is 0 Å². The summed E-state index contributed by atoms with van der Waals surface area (Å²) in [5, 5.41) is 8.54. The lowest BCUT2D eigenvalue weighted by Crippen LogP contribution is -2.45. The average Bonchev–Trinajstić information content (AvgIpc) is 2.33. The molecule has 19 heavy (non-hydrogen) atoms. The van der Waals surface area contributed by atoms with Crippen LogP contribution < -0.4 is 16.1 Å². The number of nitrogens with one attached hydrogen (secondary N) is 3. The van der Waals surface area contributed by atoms with E-state index < -0.39 is 11.9 Å². The van der Waals surface area contributed by atoms with Crippen molar-refractivity contribution in [2.24, 2.45) is 5.10 Å². The molecular weight excluding hydrogens is 248 g/mol. The van der Waals surface area contributed by atoms with Crippen LogP contribution in [0, 0.1) is 0 Å². The molecule has 102 valence electrons. The zero-order valence-electron chi connectivity index (χ0n) is 11.0. The van der Waals surface area contributed by atoms with Crippen LogP contribution >= 0.6 is 0 Å². The topological polar surface area (TPSA) is 108 Å². The number of hydrazone groups is 1. The highest BCUT2D eigenvalue weighted by Gasteiger charge is 2.12. The first kappa shape index (κ1) is 14.6. The molecule has 0 saturated carbocycles. The normalized spacial score (nSPS) is 11.1. The molecule has 1 rings (SSSR count). The summed E-state index contributed by atoms with van der Waals surface area (Å²) in [4.78, 5) is 30.3. The van der Waals surface area contributed by atoms with Crippen molar-refractivity contribution in [1.29, 1.82) is 0 Å². The fourth-order valence-corrected chi connectivity index (χ4v) is 1.04. The van der Waals surface area contributed by atoms with Crippen molar-refractivity contribution in [1.82, 2.24) is 26.0 Å². The maximum absolute atomic E-state index is 11.5. The zero-order chi connectivity index (χ0) is 14.3. The lowest BCUT2D eigenvalue weighted by atomic mass is 10.1. The Bertz CT molecular complexity index is 466. The molecule has 1 heterocycles. The lowest BCUT2D eigenvalue weighted by molar-refractivity contribution is 0.0973. The van der Waals surface area contributed by atoms with Crippen LogP contribution in [-0.4, -0.2) is 33.8 Å². The molecule has 0 aliphatic carbocycles. The van der Waals surface area contributed by atoms with Crippen LogP contribution in [0.25, 0.3) is 0 Å². The summed E-state index contributed by atoms with van der Waals surface area (Å²) in [6.45, 7) is 5.52. The Morgan fingerprint density at radius 2 is 2.05 bits per heavy atom. The standard InChI is InChI=1S/C11H16N6O2/c1-11(2,3)16-10(19)17-15-7-14-9(18)8-6-12-4-5-13-8/h4-7H,1-3H3,(H,14,15,18)(H2,16,17,19). The van der Waals surface area contributed by atoms with Crippen LogP contribution in [0.2, 0.25) is 0 Å². The van der Waals surface area contributed by atoms with Gasteiger partial charge in [-0.1, -0.05) is 0 Å². The van der Waals surface area contributed by atoms with Crippen LogP contribution in [-0.2, 0) is 0 Å². The van der Waals surface area contributed by atoms with Gasteiger partial charge in [-0.2, -0.15) is 5.10 Å². The second-order valence-corrected chi connectivity index (χ2v) is 4.64. The minimum Gasteiger partial charge on any atom is -0.332 e. The van der Waals surface area contributed by atoms with Gasteiger partial charge < -0.3 is 10.6 Å². The van der Waals surface area contributed by atoms with Gasteiger partial charge in [0.2, 0.25) is 0 Å². The first-order valence-electron chi connectivity index (χ1n) is 5.55. The van der Waals surface area contributed by atoms with E-state index in [-0.39, 0.29) is 11.2 Å². The third-order valence-electron chi connectivity index (χ3n) is 1.71. The maximum atomic E-state index is 11.5. The van der Waals surface area contributed by atoms with Crippen molar-refractivity contribution in [3.05, 3.63) is 24.3 Å². The molecule has 0 saturated heterocycles. The van der Waals surface area contributed by atoms with Crippen LogP contribution in [0.4, 0.5) is 4.79 Å². The predicted molar refractivity (Wildman–Crippen MR) is 69.4 cm³/mol. The molecule has 0 aliphatic rings. The maximum Gasteiger partial charge on any atom is 0.335 e. The third-order valence-corrected chi connectivity index (χ3v) is 1.71. The number of urea groups is 1. The summed E-state index contributed by atoms with van der Waals surface area (Å²) in [6.07, 6.45) is 5.26. The molecule has 8 nitrogen and oxygen atoms in total. The van der Waals surface area contributed by atoms with E-state index in [0.29, 0.717) is 0 Å². The Labute approximate surface area is 110 Å². The number of amides is 3. The molecular formula is C11H16N6O2. The summed E-state index contributed by atoms with van der Waals surface area (Å²) in [5.74, 6) is -0.463. The first-order chi connectivity index (χ1) is 8.88. The van der Waals surface area contributed by atoms with Crippen molar-refractivity contribution in [3.63, 3.8) is 0 Å². The molecule has 0 bridgehead atoms. The van der Waals surface area contributed by atoms with Crippen LogP contribution in [0.5, 0.6) is 0 Å². The van der Waals surface area contributed by atoms with Crippen molar-refractivity contribution < 1.29 is 9.59 Å². The van der Waals surface area contributed by atoms with Gasteiger partial charge in [0.15, 0.2) is 0 Å². The molecule has 3 N–H and O–H groups in total. The summed E-state index contributed by atoms with van der Waals surface area (Å²) >= 11 is 0. The van der Waals surface area contributed by atoms with E-state index in [0.717, 1.165) is 6.34 Å². The number of hydrogen-bond acceptors (Lipinski definition) is 5. The highest BCUT2D eigenvalue weighted by Crippen LogP contribution is 1.96. The van der Waals surface area contributed by atoms with E-state index in [1.807, 2.05) is 20.8 Å². The highest BCUT2D eigenvalue weighted by molar-refractivity contribution is 5.98. The van der Waals surface area contributed by atoms with Gasteiger partial charge in [-0.05, 0) is 20.8 Å². The van der Waals surface area contributed by atoms with Gasteiger partial charge >= 0.3 is 6.03 Å². The summed E-state index contributed by atoms with van der Waals surface area (Å²) < 4.78 is 0. The van der Waals surface area contributed by atoms with Crippen LogP contribution in [0.3, 0.4) is 0 Å². The Kier molecular flexibility index (Phi) is 4.92. The number of nitrogens with zero attached hydrogens (tertiary/aromatic N) is 3. The first-order valence-corrected chi connectivity index (χ1v) is 5.55. The van der Waals surface area contributed by atoms with Crippen LogP contribution in [0.15, 0.2) is 23.7 Å². The molecule has 3 amide bonds. The SMILES string of the molecule is CC(C)(C)NC(=O)NN=CNC(=O)c1cnccn1. The van der Waals surface area contributed by atoms with Crippen molar-refractivity contribution in [2.75, 3.05) is 0 Å². The van der Waals surface area contributed by atoms with E-state index in [9.17, 15) is 9.59 Å². The molecule has 0 radical (unpaired) electrons. The minimum atomic E-state index is -0.463. The van der Waals surface area contributed by atoms with Crippen molar-refractivity contribution in [3.8, 4) is 0 Å². The molecule has 0 unspecified atom stereocenters. The van der Waals surface area contributed by atoms with Gasteiger partial charge in [-0.3, -0.25) is 9.78 Å². The smallest absolute Gasteiger partial charge is 0.332 e. The fourth-order valence-electron chi connectivity index (χ4n) is 1.04. The largest absolute Gasteiger partial charge is 0.335 e. The van der Waals surface area contributed by atoms with Crippen molar-refractivity contribution in [2.45, 2.75) is 26.3 Å². The lowest BCUT2D eigenvalue weighted by Gasteiger charge is -2.19. The quantitative estimate of drug-likeness (QED) is 0.413. The van der Waals surface area contributed by atoms with Crippen LogP contribution in [0.1, 0.15) is 31.3 Å². The number of hydrogen-bond donors (Lipinski definition) is 3. The van der Waals surface area contributed by atoms with Gasteiger partial charge in [0.1, 0.15) is 12.0 Å². The Balaban J connectivity index is 2.35. The van der Waals surface area contributed by atoms with E-state index >= 15 is 0 Å². The molecule has 0 aromatic carbocycles. The molecule has 1 aromatic heterocycles. The number of aromatic nitrogens is 2. The second-order valence-electron chi connectivity index (χ2n) is 4.64. The number of carbonyl (C=O) groups is 2. The van der Waals surface area contributed by atoms with E-state index in [2.05, 4.69) is 31.1 Å². The van der Waals surface area contributed by atoms with Gasteiger partial charge in [-0.15, -0.1) is 0 Å².